The van der Waals surface area contributed by atoms with Crippen molar-refractivity contribution in [3.05, 3.63) is 22.6 Å². The van der Waals surface area contributed by atoms with Crippen LogP contribution >= 0.6 is 23.1 Å². The van der Waals surface area contributed by atoms with Gasteiger partial charge in [0, 0.05) is 5.39 Å². The first-order chi connectivity index (χ1) is 10.1. The van der Waals surface area contributed by atoms with Crippen molar-refractivity contribution >= 4 is 39.3 Å². The number of carbonyl (C=O) groups is 1. The lowest BCUT2D eigenvalue weighted by Crippen LogP contribution is -1.94. The highest BCUT2D eigenvalue weighted by Crippen LogP contribution is 2.35. The number of fused-ring (bicyclic) bond motifs is 1. The van der Waals surface area contributed by atoms with E-state index >= 15 is 0 Å². The number of aryl methyl sites for hydroxylation is 2. The van der Waals surface area contributed by atoms with Crippen LogP contribution in [0.4, 0.5) is 0 Å². The number of thioether (sulfide) groups is 1. The second-order valence-electron chi connectivity index (χ2n) is 4.20. The van der Waals surface area contributed by atoms with Crippen molar-refractivity contribution in [2.45, 2.75) is 17.7 Å². The molecular weight excluding hydrogens is 312 g/mol. The zero-order valence-corrected chi connectivity index (χ0v) is 12.8. The van der Waals surface area contributed by atoms with Gasteiger partial charge in [0.2, 0.25) is 0 Å². The summed E-state index contributed by atoms with van der Waals surface area (Å²) in [7, 11) is 1.70. The molecule has 0 aliphatic carbocycles. The second kappa shape index (κ2) is 5.37. The SMILES string of the molecule is Cc1c(C(=O)O)sc2ncnc(SCc3nnn(C)n3)c12. The molecule has 0 unspecified atom stereocenters. The fourth-order valence-corrected chi connectivity index (χ4v) is 3.82. The van der Waals surface area contributed by atoms with Gasteiger partial charge in [-0.3, -0.25) is 0 Å². The number of thiophene rings is 1. The van der Waals surface area contributed by atoms with Crippen molar-refractivity contribution in [3.63, 3.8) is 0 Å². The zero-order chi connectivity index (χ0) is 15.0. The summed E-state index contributed by atoms with van der Waals surface area (Å²) in [5.74, 6) is 0.167. The van der Waals surface area contributed by atoms with Gasteiger partial charge in [0.1, 0.15) is 21.1 Å². The molecule has 0 radical (unpaired) electrons. The van der Waals surface area contributed by atoms with Crippen molar-refractivity contribution in [3.8, 4) is 0 Å². The maximum Gasteiger partial charge on any atom is 0.346 e. The van der Waals surface area contributed by atoms with Gasteiger partial charge >= 0.3 is 5.97 Å². The largest absolute Gasteiger partial charge is 0.477 e. The van der Waals surface area contributed by atoms with Crippen molar-refractivity contribution in [1.82, 2.24) is 30.2 Å². The number of hydrogen-bond acceptors (Lipinski definition) is 8. The second-order valence-corrected chi connectivity index (χ2v) is 6.17. The van der Waals surface area contributed by atoms with Crippen LogP contribution in [0.25, 0.3) is 10.2 Å². The number of hydrogen-bond donors (Lipinski definition) is 1. The number of aromatic nitrogens is 6. The van der Waals surface area contributed by atoms with Crippen LogP contribution in [0.5, 0.6) is 0 Å². The lowest BCUT2D eigenvalue weighted by atomic mass is 10.2. The molecule has 0 bridgehead atoms. The molecule has 0 amide bonds. The summed E-state index contributed by atoms with van der Waals surface area (Å²) in [4.78, 5) is 22.0. The van der Waals surface area contributed by atoms with Crippen LogP contribution in [0.1, 0.15) is 21.1 Å². The van der Waals surface area contributed by atoms with Crippen LogP contribution in [-0.2, 0) is 12.8 Å². The molecule has 0 aliphatic rings. The molecular formula is C11H10N6O2S2. The van der Waals surface area contributed by atoms with E-state index in [-0.39, 0.29) is 0 Å². The monoisotopic (exact) mass is 322 g/mol. The molecule has 3 rings (SSSR count). The van der Waals surface area contributed by atoms with E-state index in [4.69, 9.17) is 0 Å². The molecule has 8 nitrogen and oxygen atoms in total. The molecule has 0 aliphatic heterocycles. The normalized spacial score (nSPS) is 11.1. The van der Waals surface area contributed by atoms with E-state index in [2.05, 4.69) is 25.4 Å². The predicted octanol–water partition coefficient (Wildman–Crippen LogP) is 1.51. The van der Waals surface area contributed by atoms with Crippen molar-refractivity contribution < 1.29 is 9.90 Å². The number of tetrazole rings is 1. The Morgan fingerprint density at radius 2 is 2.29 bits per heavy atom. The smallest absolute Gasteiger partial charge is 0.346 e. The van der Waals surface area contributed by atoms with Gasteiger partial charge in [0.25, 0.3) is 0 Å². The Labute approximate surface area is 127 Å². The highest BCUT2D eigenvalue weighted by Gasteiger charge is 2.19. The van der Waals surface area contributed by atoms with Gasteiger partial charge in [-0.2, -0.15) is 4.80 Å². The maximum absolute atomic E-state index is 11.2. The third-order valence-electron chi connectivity index (χ3n) is 2.77. The van der Waals surface area contributed by atoms with Gasteiger partial charge in [-0.1, -0.05) is 11.8 Å². The minimum absolute atomic E-state index is 0.296. The minimum Gasteiger partial charge on any atom is -0.477 e. The quantitative estimate of drug-likeness (QED) is 0.569. The topological polar surface area (TPSA) is 107 Å². The molecule has 3 aromatic rings. The van der Waals surface area contributed by atoms with Gasteiger partial charge < -0.3 is 5.11 Å². The van der Waals surface area contributed by atoms with E-state index in [0.717, 1.165) is 21.7 Å². The lowest BCUT2D eigenvalue weighted by Gasteiger charge is -2.00. The number of nitrogens with zero attached hydrogens (tertiary/aromatic N) is 6. The number of carboxylic acid groups (broad SMARTS) is 1. The molecule has 1 N–H and O–H groups in total. The molecule has 10 heteroatoms. The van der Waals surface area contributed by atoms with E-state index in [9.17, 15) is 9.90 Å². The number of rotatable bonds is 4. The fourth-order valence-electron chi connectivity index (χ4n) is 1.87. The molecule has 108 valence electrons. The summed E-state index contributed by atoms with van der Waals surface area (Å²) in [6.07, 6.45) is 1.44. The Morgan fingerprint density at radius 3 is 2.95 bits per heavy atom. The molecule has 0 saturated carbocycles. The molecule has 0 atom stereocenters. The van der Waals surface area contributed by atoms with Crippen molar-refractivity contribution in [2.75, 3.05) is 0 Å². The average Bonchev–Trinajstić information content (AvgIpc) is 3.01. The Hall–Kier alpha value is -2.07. The van der Waals surface area contributed by atoms with Gasteiger partial charge in [0.05, 0.1) is 12.8 Å². The Kier molecular flexibility index (Phi) is 3.55. The van der Waals surface area contributed by atoms with Gasteiger partial charge in [0.15, 0.2) is 5.82 Å². The van der Waals surface area contributed by atoms with Crippen molar-refractivity contribution in [2.24, 2.45) is 7.05 Å². The van der Waals surface area contributed by atoms with E-state index in [0.29, 0.717) is 26.8 Å². The molecule has 21 heavy (non-hydrogen) atoms. The lowest BCUT2D eigenvalue weighted by molar-refractivity contribution is 0.0701. The molecule has 0 saturated heterocycles. The third kappa shape index (κ3) is 2.59. The molecule has 0 fully saturated rings. The first kappa shape index (κ1) is 13.9. The number of aromatic carboxylic acids is 1. The summed E-state index contributed by atoms with van der Waals surface area (Å²) < 4.78 is 0. The van der Waals surface area contributed by atoms with Crippen LogP contribution in [0, 0.1) is 6.92 Å². The van der Waals surface area contributed by atoms with Crippen LogP contribution in [0.15, 0.2) is 11.4 Å². The summed E-state index contributed by atoms with van der Waals surface area (Å²) in [5.41, 5.74) is 0.692. The fraction of sp³-hybridized carbons (Fsp3) is 0.273. The van der Waals surface area contributed by atoms with E-state index < -0.39 is 5.97 Å². The summed E-state index contributed by atoms with van der Waals surface area (Å²) >= 11 is 2.60. The Balaban J connectivity index is 1.96. The van der Waals surface area contributed by atoms with E-state index in [1.54, 1.807) is 14.0 Å². The Morgan fingerprint density at radius 1 is 1.48 bits per heavy atom. The van der Waals surface area contributed by atoms with Gasteiger partial charge in [-0.15, -0.1) is 21.5 Å². The summed E-state index contributed by atoms with van der Waals surface area (Å²) in [6.45, 7) is 1.77. The van der Waals surface area contributed by atoms with E-state index in [1.807, 2.05) is 0 Å². The molecule has 0 aromatic carbocycles. The van der Waals surface area contributed by atoms with Crippen LogP contribution in [0.3, 0.4) is 0 Å². The zero-order valence-electron chi connectivity index (χ0n) is 11.1. The third-order valence-corrected chi connectivity index (χ3v) is 4.95. The van der Waals surface area contributed by atoms with Gasteiger partial charge in [-0.25, -0.2) is 14.8 Å². The average molecular weight is 322 g/mol. The van der Waals surface area contributed by atoms with Crippen molar-refractivity contribution in [1.29, 1.82) is 0 Å². The Bertz CT molecular complexity index is 827. The molecule has 3 heterocycles. The van der Waals surface area contributed by atoms with Crippen LogP contribution < -0.4 is 0 Å². The van der Waals surface area contributed by atoms with Gasteiger partial charge in [-0.05, 0) is 17.7 Å². The highest BCUT2D eigenvalue weighted by molar-refractivity contribution is 7.98. The first-order valence-corrected chi connectivity index (χ1v) is 7.69. The molecule has 3 aromatic heterocycles. The minimum atomic E-state index is -0.943. The van der Waals surface area contributed by atoms with E-state index in [1.165, 1.54) is 22.9 Å². The number of carboxylic acids is 1. The highest BCUT2D eigenvalue weighted by atomic mass is 32.2. The first-order valence-electron chi connectivity index (χ1n) is 5.89. The predicted molar refractivity (Wildman–Crippen MR) is 77.5 cm³/mol. The van der Waals surface area contributed by atoms with Crippen LogP contribution in [0.2, 0.25) is 0 Å². The summed E-state index contributed by atoms with van der Waals surface area (Å²) in [6, 6.07) is 0. The standard InChI is InChI=1S/C11H10N6O2S2/c1-5-7-9(20-3-6-14-16-17(2)15-6)12-4-13-10(7)21-8(5)11(18)19/h4H,3H2,1-2H3,(H,18,19). The molecule has 0 spiro atoms. The van der Waals surface area contributed by atoms with Crippen LogP contribution in [-0.4, -0.2) is 41.3 Å². The maximum atomic E-state index is 11.2. The summed E-state index contributed by atoms with van der Waals surface area (Å²) in [5, 5.41) is 22.5.